The zero-order chi connectivity index (χ0) is 19.5. The molecule has 1 amide bonds. The molecule has 1 unspecified atom stereocenters. The Morgan fingerprint density at radius 1 is 1.21 bits per heavy atom. The minimum atomic E-state index is -0.188. The van der Waals surface area contributed by atoms with Crippen molar-refractivity contribution in [2.75, 3.05) is 18.0 Å². The molecular weight excluding hydrogens is 356 g/mol. The molecule has 0 saturated carbocycles. The molecule has 4 rings (SSSR count). The van der Waals surface area contributed by atoms with Crippen LogP contribution in [0.1, 0.15) is 16.8 Å². The molecule has 28 heavy (non-hydrogen) atoms. The molecule has 1 atom stereocenters. The molecule has 1 aliphatic rings. The van der Waals surface area contributed by atoms with Crippen LogP contribution in [0.25, 0.3) is 11.3 Å². The summed E-state index contributed by atoms with van der Waals surface area (Å²) < 4.78 is 1.40. The van der Waals surface area contributed by atoms with E-state index in [1.54, 1.807) is 37.9 Å². The van der Waals surface area contributed by atoms with Crippen LogP contribution < -0.4 is 15.8 Å². The molecule has 0 radical (unpaired) electrons. The Morgan fingerprint density at radius 2 is 2.11 bits per heavy atom. The maximum Gasteiger partial charge on any atom is 0.253 e. The Bertz CT molecular complexity index is 1050. The van der Waals surface area contributed by atoms with E-state index < -0.39 is 0 Å². The Kier molecular flexibility index (Phi) is 4.84. The van der Waals surface area contributed by atoms with E-state index in [1.807, 2.05) is 18.2 Å². The van der Waals surface area contributed by atoms with Crippen molar-refractivity contribution in [3.05, 3.63) is 71.0 Å². The molecular formula is C20H20N6O2. The summed E-state index contributed by atoms with van der Waals surface area (Å²) in [5.41, 5.74) is 2.07. The van der Waals surface area contributed by atoms with Crippen LogP contribution in [0.3, 0.4) is 0 Å². The van der Waals surface area contributed by atoms with Crippen LogP contribution in [-0.4, -0.2) is 44.6 Å². The van der Waals surface area contributed by atoms with Crippen LogP contribution in [0, 0.1) is 0 Å². The minimum Gasteiger partial charge on any atom is -0.347 e. The number of anilines is 1. The molecule has 3 aromatic heterocycles. The number of aromatic nitrogens is 4. The highest BCUT2D eigenvalue weighted by Gasteiger charge is 2.26. The van der Waals surface area contributed by atoms with Crippen molar-refractivity contribution < 1.29 is 4.79 Å². The molecule has 0 bridgehead atoms. The maximum atomic E-state index is 12.5. The standard InChI is InChI=1S/C20H20N6O2/c1-25-12-15(4-5-18(25)27)19(28)23-16-7-10-26(13-16)20-22-9-6-17(24-20)14-3-2-8-21-11-14/h2-6,8-9,11-12,16H,7,10,13H2,1H3,(H,23,28). The van der Waals surface area contributed by atoms with Crippen molar-refractivity contribution in [1.82, 2.24) is 24.8 Å². The number of pyridine rings is 2. The first kappa shape index (κ1) is 17.8. The van der Waals surface area contributed by atoms with Crippen molar-refractivity contribution in [2.24, 2.45) is 7.05 Å². The predicted molar refractivity (Wildman–Crippen MR) is 105 cm³/mol. The Morgan fingerprint density at radius 3 is 2.89 bits per heavy atom. The molecule has 1 fully saturated rings. The van der Waals surface area contributed by atoms with Crippen molar-refractivity contribution in [3.63, 3.8) is 0 Å². The van der Waals surface area contributed by atoms with Gasteiger partial charge in [-0.15, -0.1) is 0 Å². The predicted octanol–water partition coefficient (Wildman–Crippen LogP) is 1.25. The van der Waals surface area contributed by atoms with Crippen LogP contribution in [0.2, 0.25) is 0 Å². The second kappa shape index (κ2) is 7.59. The first-order valence-corrected chi connectivity index (χ1v) is 9.06. The second-order valence-corrected chi connectivity index (χ2v) is 6.76. The summed E-state index contributed by atoms with van der Waals surface area (Å²) in [5, 5.41) is 3.03. The lowest BCUT2D eigenvalue weighted by molar-refractivity contribution is 0.0939. The van der Waals surface area contributed by atoms with Gasteiger partial charge in [0, 0.05) is 62.6 Å². The Hall–Kier alpha value is -3.55. The molecule has 0 aromatic carbocycles. The summed E-state index contributed by atoms with van der Waals surface area (Å²) in [5.74, 6) is 0.452. The third kappa shape index (κ3) is 3.75. The summed E-state index contributed by atoms with van der Waals surface area (Å²) in [7, 11) is 1.63. The lowest BCUT2D eigenvalue weighted by Gasteiger charge is -2.17. The number of hydrogen-bond acceptors (Lipinski definition) is 6. The lowest BCUT2D eigenvalue weighted by atomic mass is 10.2. The van der Waals surface area contributed by atoms with E-state index in [2.05, 4.69) is 25.2 Å². The zero-order valence-corrected chi connectivity index (χ0v) is 15.4. The van der Waals surface area contributed by atoms with Gasteiger partial charge in [0.05, 0.1) is 11.3 Å². The topological polar surface area (TPSA) is 93.0 Å². The molecule has 1 aliphatic heterocycles. The molecule has 8 nitrogen and oxygen atoms in total. The third-order valence-electron chi connectivity index (χ3n) is 4.75. The van der Waals surface area contributed by atoms with Crippen LogP contribution in [0.4, 0.5) is 5.95 Å². The van der Waals surface area contributed by atoms with Crippen LogP contribution in [0.5, 0.6) is 0 Å². The summed E-state index contributed by atoms with van der Waals surface area (Å²) in [6.07, 6.45) is 7.58. The van der Waals surface area contributed by atoms with Gasteiger partial charge in [-0.05, 0) is 30.7 Å². The van der Waals surface area contributed by atoms with Gasteiger partial charge >= 0.3 is 0 Å². The highest BCUT2D eigenvalue weighted by molar-refractivity contribution is 5.94. The van der Waals surface area contributed by atoms with Crippen molar-refractivity contribution in [1.29, 1.82) is 0 Å². The monoisotopic (exact) mass is 376 g/mol. The third-order valence-corrected chi connectivity index (χ3v) is 4.75. The van der Waals surface area contributed by atoms with Crippen LogP contribution >= 0.6 is 0 Å². The largest absolute Gasteiger partial charge is 0.347 e. The number of aryl methyl sites for hydroxylation is 1. The smallest absolute Gasteiger partial charge is 0.253 e. The molecule has 142 valence electrons. The van der Waals surface area contributed by atoms with E-state index in [4.69, 9.17) is 0 Å². The van der Waals surface area contributed by atoms with Crippen molar-refractivity contribution in [3.8, 4) is 11.3 Å². The van der Waals surface area contributed by atoms with Crippen molar-refractivity contribution >= 4 is 11.9 Å². The van der Waals surface area contributed by atoms with Crippen LogP contribution in [-0.2, 0) is 7.05 Å². The number of nitrogens with one attached hydrogen (secondary N) is 1. The van der Waals surface area contributed by atoms with Gasteiger partial charge in [0.25, 0.3) is 5.91 Å². The number of carbonyl (C=O) groups excluding carboxylic acids is 1. The summed E-state index contributed by atoms with van der Waals surface area (Å²) >= 11 is 0. The van der Waals surface area contributed by atoms with Crippen molar-refractivity contribution in [2.45, 2.75) is 12.5 Å². The second-order valence-electron chi connectivity index (χ2n) is 6.76. The van der Waals surface area contributed by atoms with E-state index in [1.165, 1.54) is 10.6 Å². The zero-order valence-electron chi connectivity index (χ0n) is 15.4. The molecule has 8 heteroatoms. The SMILES string of the molecule is Cn1cc(C(=O)NC2CCN(c3nccc(-c4cccnc4)n3)C2)ccc1=O. The Labute approximate surface area is 161 Å². The number of nitrogens with zero attached hydrogens (tertiary/aromatic N) is 5. The van der Waals surface area contributed by atoms with E-state index in [0.717, 1.165) is 24.2 Å². The quantitative estimate of drug-likeness (QED) is 0.737. The molecule has 4 heterocycles. The first-order valence-electron chi connectivity index (χ1n) is 9.06. The summed E-state index contributed by atoms with van der Waals surface area (Å²) in [6, 6.07) is 8.63. The summed E-state index contributed by atoms with van der Waals surface area (Å²) in [4.78, 5) is 39.2. The molecule has 1 saturated heterocycles. The van der Waals surface area contributed by atoms with Gasteiger partial charge in [0.15, 0.2) is 0 Å². The maximum absolute atomic E-state index is 12.5. The number of carbonyl (C=O) groups is 1. The molecule has 3 aromatic rings. The number of amides is 1. The highest BCUT2D eigenvalue weighted by atomic mass is 16.2. The molecule has 0 aliphatic carbocycles. The molecule has 1 N–H and O–H groups in total. The van der Waals surface area contributed by atoms with Crippen LogP contribution in [0.15, 0.2) is 59.9 Å². The molecule has 0 spiro atoms. The lowest BCUT2D eigenvalue weighted by Crippen LogP contribution is -2.37. The number of hydrogen-bond donors (Lipinski definition) is 1. The van der Waals surface area contributed by atoms with Gasteiger partial charge in [0.1, 0.15) is 0 Å². The van der Waals surface area contributed by atoms with Gasteiger partial charge in [0.2, 0.25) is 11.5 Å². The highest BCUT2D eigenvalue weighted by Crippen LogP contribution is 2.21. The fraction of sp³-hybridized carbons (Fsp3) is 0.250. The van der Waals surface area contributed by atoms with Gasteiger partial charge in [-0.25, -0.2) is 9.97 Å². The van der Waals surface area contributed by atoms with E-state index in [0.29, 0.717) is 18.1 Å². The fourth-order valence-corrected chi connectivity index (χ4v) is 3.23. The van der Waals surface area contributed by atoms with Gasteiger partial charge < -0.3 is 14.8 Å². The van der Waals surface area contributed by atoms with Gasteiger partial charge in [-0.3, -0.25) is 14.6 Å². The number of rotatable bonds is 4. The summed E-state index contributed by atoms with van der Waals surface area (Å²) in [6.45, 7) is 1.39. The van der Waals surface area contributed by atoms with Gasteiger partial charge in [-0.1, -0.05) is 0 Å². The van der Waals surface area contributed by atoms with E-state index >= 15 is 0 Å². The average Bonchev–Trinajstić information content (AvgIpc) is 3.19. The Balaban J connectivity index is 1.43. The fourth-order valence-electron chi connectivity index (χ4n) is 3.23. The van der Waals surface area contributed by atoms with Gasteiger partial charge in [-0.2, -0.15) is 0 Å². The first-order chi connectivity index (χ1) is 13.6. The van der Waals surface area contributed by atoms with E-state index in [9.17, 15) is 9.59 Å². The average molecular weight is 376 g/mol. The van der Waals surface area contributed by atoms with E-state index in [-0.39, 0.29) is 17.5 Å². The normalized spacial score (nSPS) is 16.2. The minimum absolute atomic E-state index is 0.00428.